The molecule has 0 saturated carbocycles. The second-order valence-corrected chi connectivity index (χ2v) is 7.29. The van der Waals surface area contributed by atoms with E-state index in [1.54, 1.807) is 6.21 Å². The van der Waals surface area contributed by atoms with E-state index in [2.05, 4.69) is 82.4 Å². The molecule has 5 nitrogen and oxygen atoms in total. The van der Waals surface area contributed by atoms with Crippen LogP contribution < -0.4 is 10.7 Å². The van der Waals surface area contributed by atoms with Gasteiger partial charge in [0.15, 0.2) is 0 Å². The molecule has 0 saturated heterocycles. The van der Waals surface area contributed by atoms with E-state index in [4.69, 9.17) is 4.98 Å². The van der Waals surface area contributed by atoms with E-state index < -0.39 is 0 Å². The number of benzene rings is 2. The zero-order valence-electron chi connectivity index (χ0n) is 16.1. The van der Waals surface area contributed by atoms with Gasteiger partial charge in [0.2, 0.25) is 5.95 Å². The van der Waals surface area contributed by atoms with Gasteiger partial charge in [-0.05, 0) is 19.1 Å². The summed E-state index contributed by atoms with van der Waals surface area (Å²) in [5.74, 6) is 0.860. The number of allylic oxidation sites excluding steroid dienone is 3. The van der Waals surface area contributed by atoms with Crippen LogP contribution in [0.25, 0.3) is 22.2 Å². The Morgan fingerprint density at radius 2 is 1.90 bits per heavy atom. The molecule has 2 aromatic carbocycles. The number of aromatic nitrogens is 2. The van der Waals surface area contributed by atoms with Crippen LogP contribution in [-0.2, 0) is 0 Å². The third kappa shape index (κ3) is 3.55. The van der Waals surface area contributed by atoms with Gasteiger partial charge in [0, 0.05) is 16.9 Å². The van der Waals surface area contributed by atoms with E-state index in [1.165, 1.54) is 5.56 Å². The van der Waals surface area contributed by atoms with Gasteiger partial charge in [-0.3, -0.25) is 0 Å². The molecule has 5 rings (SSSR count). The molecule has 0 amide bonds. The molecule has 29 heavy (non-hydrogen) atoms. The Balaban J connectivity index is 1.44. The van der Waals surface area contributed by atoms with Crippen LogP contribution in [0, 0.1) is 12.8 Å². The normalized spacial score (nSPS) is 20.0. The Kier molecular flexibility index (Phi) is 4.41. The topological polar surface area (TPSA) is 62.2 Å². The van der Waals surface area contributed by atoms with Gasteiger partial charge in [-0.2, -0.15) is 5.10 Å². The first-order chi connectivity index (χ1) is 14.3. The summed E-state index contributed by atoms with van der Waals surface area (Å²) in [6.07, 6.45) is 12.5. The third-order valence-corrected chi connectivity index (χ3v) is 5.15. The molecule has 0 bridgehead atoms. The van der Waals surface area contributed by atoms with Gasteiger partial charge in [0.05, 0.1) is 29.2 Å². The maximum atomic E-state index is 4.75. The highest BCUT2D eigenvalue weighted by molar-refractivity contribution is 5.93. The molecule has 0 unspecified atom stereocenters. The van der Waals surface area contributed by atoms with Crippen molar-refractivity contribution in [3.8, 4) is 11.3 Å². The van der Waals surface area contributed by atoms with E-state index in [9.17, 15) is 0 Å². The highest BCUT2D eigenvalue weighted by Crippen LogP contribution is 2.28. The number of hydrogen-bond donors (Lipinski definition) is 2. The van der Waals surface area contributed by atoms with Crippen molar-refractivity contribution >= 4 is 23.1 Å². The lowest BCUT2D eigenvalue weighted by Gasteiger charge is -2.15. The van der Waals surface area contributed by atoms with Crippen LogP contribution in [0.4, 0.5) is 5.95 Å². The standard InChI is InChI=1S/C24H21N5/c1-16-11-12-22-20(13-16)23(17-7-3-2-4-8-17)28-24(27-22)29-25-15-19-14-18-9-5-6-10-21(18)26-19/h2-15,18,21,26H,1H3,(H,27,28,29)/b25-15-/t18-,21+/m0/s1. The summed E-state index contributed by atoms with van der Waals surface area (Å²) in [6, 6.07) is 16.7. The van der Waals surface area contributed by atoms with Crippen molar-refractivity contribution in [3.63, 3.8) is 0 Å². The zero-order chi connectivity index (χ0) is 19.6. The van der Waals surface area contributed by atoms with E-state index >= 15 is 0 Å². The molecule has 0 spiro atoms. The smallest absolute Gasteiger partial charge is 0.244 e. The summed E-state index contributed by atoms with van der Waals surface area (Å²) in [6.45, 7) is 2.08. The second-order valence-electron chi connectivity index (χ2n) is 7.29. The van der Waals surface area contributed by atoms with Gasteiger partial charge in [0.1, 0.15) is 0 Å². The van der Waals surface area contributed by atoms with Crippen molar-refractivity contribution in [2.45, 2.75) is 13.0 Å². The van der Waals surface area contributed by atoms with Crippen molar-refractivity contribution in [2.75, 3.05) is 5.43 Å². The summed E-state index contributed by atoms with van der Waals surface area (Å²) in [4.78, 5) is 9.39. The molecule has 142 valence electrons. The minimum atomic E-state index is 0.311. The lowest BCUT2D eigenvalue weighted by atomic mass is 9.98. The first-order valence-corrected chi connectivity index (χ1v) is 9.72. The predicted octanol–water partition coefficient (Wildman–Crippen LogP) is 4.60. The molecule has 5 heteroatoms. The minimum Gasteiger partial charge on any atom is -0.377 e. The van der Waals surface area contributed by atoms with Gasteiger partial charge in [-0.15, -0.1) is 0 Å². The lowest BCUT2D eigenvalue weighted by molar-refractivity contribution is 0.645. The molecule has 1 aliphatic heterocycles. The molecule has 2 aliphatic rings. The van der Waals surface area contributed by atoms with Crippen molar-refractivity contribution in [1.82, 2.24) is 15.3 Å². The average Bonchev–Trinajstić information content (AvgIpc) is 3.17. The van der Waals surface area contributed by atoms with Gasteiger partial charge >= 0.3 is 0 Å². The Hall–Kier alpha value is -3.73. The number of nitrogens with one attached hydrogen (secondary N) is 2. The molecule has 2 atom stereocenters. The largest absolute Gasteiger partial charge is 0.377 e. The van der Waals surface area contributed by atoms with Crippen LogP contribution in [0.2, 0.25) is 0 Å². The number of hydrazone groups is 1. The third-order valence-electron chi connectivity index (χ3n) is 5.15. The summed E-state index contributed by atoms with van der Waals surface area (Å²) in [5.41, 5.74) is 8.02. The fourth-order valence-corrected chi connectivity index (χ4v) is 3.72. The summed E-state index contributed by atoms with van der Waals surface area (Å²) >= 11 is 0. The fraction of sp³-hybridized carbons (Fsp3) is 0.125. The van der Waals surface area contributed by atoms with Crippen LogP contribution in [0.3, 0.4) is 0 Å². The second kappa shape index (κ2) is 7.36. The average molecular weight is 379 g/mol. The molecular formula is C24H21N5. The molecule has 1 aromatic heterocycles. The number of fused-ring (bicyclic) bond motifs is 2. The zero-order valence-corrected chi connectivity index (χ0v) is 16.1. The van der Waals surface area contributed by atoms with Gasteiger partial charge in [-0.1, -0.05) is 72.3 Å². The Labute approximate surface area is 169 Å². The van der Waals surface area contributed by atoms with Crippen LogP contribution in [0.15, 0.2) is 89.7 Å². The minimum absolute atomic E-state index is 0.311. The van der Waals surface area contributed by atoms with Crippen LogP contribution in [0.5, 0.6) is 0 Å². The SMILES string of the molecule is Cc1ccc2nc(N/N=C\C3=C[C@@H]4C=CC=C[C@H]4N3)nc(-c3ccccc3)c2c1. The first-order valence-electron chi connectivity index (χ1n) is 9.72. The molecule has 1 aliphatic carbocycles. The maximum Gasteiger partial charge on any atom is 0.244 e. The van der Waals surface area contributed by atoms with E-state index in [0.29, 0.717) is 17.9 Å². The lowest BCUT2D eigenvalue weighted by Crippen LogP contribution is -2.26. The molecular weight excluding hydrogens is 358 g/mol. The number of nitrogens with zero attached hydrogens (tertiary/aromatic N) is 3. The molecule has 2 heterocycles. The number of rotatable bonds is 4. The van der Waals surface area contributed by atoms with Crippen LogP contribution >= 0.6 is 0 Å². The fourth-order valence-electron chi connectivity index (χ4n) is 3.72. The Morgan fingerprint density at radius 3 is 2.76 bits per heavy atom. The first kappa shape index (κ1) is 17.4. The van der Waals surface area contributed by atoms with Crippen molar-refractivity contribution in [1.29, 1.82) is 0 Å². The van der Waals surface area contributed by atoms with Crippen molar-refractivity contribution in [3.05, 3.63) is 90.2 Å². The molecule has 3 aromatic rings. The van der Waals surface area contributed by atoms with Crippen LogP contribution in [0.1, 0.15) is 5.56 Å². The van der Waals surface area contributed by atoms with E-state index in [0.717, 1.165) is 27.9 Å². The number of hydrogen-bond acceptors (Lipinski definition) is 5. The number of aryl methyl sites for hydroxylation is 1. The van der Waals surface area contributed by atoms with Crippen molar-refractivity contribution < 1.29 is 0 Å². The van der Waals surface area contributed by atoms with Gasteiger partial charge in [0.25, 0.3) is 0 Å². The molecule has 0 fully saturated rings. The molecule has 2 N–H and O–H groups in total. The van der Waals surface area contributed by atoms with Gasteiger partial charge in [-0.25, -0.2) is 15.4 Å². The van der Waals surface area contributed by atoms with E-state index in [1.807, 2.05) is 24.3 Å². The monoisotopic (exact) mass is 379 g/mol. The van der Waals surface area contributed by atoms with Gasteiger partial charge < -0.3 is 5.32 Å². The highest BCUT2D eigenvalue weighted by Gasteiger charge is 2.22. The predicted molar refractivity (Wildman–Crippen MR) is 119 cm³/mol. The van der Waals surface area contributed by atoms with Crippen LogP contribution in [-0.4, -0.2) is 22.2 Å². The maximum absolute atomic E-state index is 4.75. The summed E-state index contributed by atoms with van der Waals surface area (Å²) in [5, 5.41) is 8.84. The summed E-state index contributed by atoms with van der Waals surface area (Å²) in [7, 11) is 0. The highest BCUT2D eigenvalue weighted by atomic mass is 15.3. The van der Waals surface area contributed by atoms with E-state index in [-0.39, 0.29) is 0 Å². The summed E-state index contributed by atoms with van der Waals surface area (Å²) < 4.78 is 0. The number of anilines is 1. The van der Waals surface area contributed by atoms with Crippen molar-refractivity contribution in [2.24, 2.45) is 11.0 Å². The quantitative estimate of drug-likeness (QED) is 0.514. The Morgan fingerprint density at radius 1 is 1.03 bits per heavy atom. The molecule has 0 radical (unpaired) electrons. The Bertz CT molecular complexity index is 1170.